The highest BCUT2D eigenvalue weighted by Crippen LogP contribution is 1.90. The van der Waals surface area contributed by atoms with E-state index in [0.29, 0.717) is 12.8 Å². The number of hydrogen-bond donors (Lipinski definition) is 1. The molecular formula is C9H14O5. The molecular weight excluding hydrogens is 188 g/mol. The molecule has 0 aliphatic heterocycles. The first-order valence-corrected chi connectivity index (χ1v) is 4.00. The Morgan fingerprint density at radius 2 is 1.86 bits per heavy atom. The standard InChI is InChI=1S/C6H10O3.C3H4O2/c1-3-4-6(8)9-5(2)7;1-2-3(4)5/h3-4H2,1-2H3;2H,1H2,(H,4,5). The van der Waals surface area contributed by atoms with E-state index in [4.69, 9.17) is 5.11 Å². The molecule has 5 heteroatoms. The number of carboxylic acids is 1. The van der Waals surface area contributed by atoms with Gasteiger partial charge in [-0.3, -0.25) is 9.59 Å². The van der Waals surface area contributed by atoms with E-state index >= 15 is 0 Å². The van der Waals surface area contributed by atoms with Crippen molar-refractivity contribution in [2.45, 2.75) is 26.7 Å². The molecule has 80 valence electrons. The molecule has 0 saturated heterocycles. The summed E-state index contributed by atoms with van der Waals surface area (Å²) in [5.41, 5.74) is 0. The lowest BCUT2D eigenvalue weighted by Gasteiger charge is -1.94. The third-order valence-electron chi connectivity index (χ3n) is 0.886. The maximum Gasteiger partial charge on any atom is 0.327 e. The molecule has 0 aromatic carbocycles. The van der Waals surface area contributed by atoms with E-state index in [-0.39, 0.29) is 0 Å². The zero-order valence-corrected chi connectivity index (χ0v) is 8.28. The largest absolute Gasteiger partial charge is 0.478 e. The smallest absolute Gasteiger partial charge is 0.327 e. The molecule has 0 aliphatic carbocycles. The predicted molar refractivity (Wildman–Crippen MR) is 49.5 cm³/mol. The SMILES string of the molecule is C=CC(=O)O.CCCC(=O)OC(C)=O. The molecule has 1 N–H and O–H groups in total. The molecule has 0 unspecified atom stereocenters. The number of carboxylic acid groups (broad SMARTS) is 1. The Bertz CT molecular complexity index is 219. The van der Waals surface area contributed by atoms with Gasteiger partial charge in [-0.05, 0) is 6.42 Å². The van der Waals surface area contributed by atoms with Crippen LogP contribution in [0.2, 0.25) is 0 Å². The van der Waals surface area contributed by atoms with Crippen molar-refractivity contribution >= 4 is 17.9 Å². The van der Waals surface area contributed by atoms with Crippen molar-refractivity contribution in [1.82, 2.24) is 0 Å². The van der Waals surface area contributed by atoms with Gasteiger partial charge in [-0.1, -0.05) is 13.5 Å². The molecule has 0 aromatic heterocycles. The van der Waals surface area contributed by atoms with Crippen LogP contribution < -0.4 is 0 Å². The Hall–Kier alpha value is -1.65. The molecule has 0 aromatic rings. The van der Waals surface area contributed by atoms with Crippen molar-refractivity contribution in [3.63, 3.8) is 0 Å². The molecule has 0 amide bonds. The second kappa shape index (κ2) is 9.44. The summed E-state index contributed by atoms with van der Waals surface area (Å²) in [6.45, 7) is 6.03. The van der Waals surface area contributed by atoms with Crippen LogP contribution >= 0.6 is 0 Å². The van der Waals surface area contributed by atoms with Gasteiger partial charge in [0.05, 0.1) is 0 Å². The summed E-state index contributed by atoms with van der Waals surface area (Å²) >= 11 is 0. The Morgan fingerprint density at radius 3 is 2.07 bits per heavy atom. The van der Waals surface area contributed by atoms with Gasteiger partial charge in [0.2, 0.25) is 0 Å². The van der Waals surface area contributed by atoms with Gasteiger partial charge in [-0.2, -0.15) is 0 Å². The summed E-state index contributed by atoms with van der Waals surface area (Å²) in [6, 6.07) is 0. The first-order chi connectivity index (χ1) is 6.43. The number of aliphatic carboxylic acids is 1. The Labute approximate surface area is 82.4 Å². The maximum atomic E-state index is 10.4. The molecule has 14 heavy (non-hydrogen) atoms. The Balaban J connectivity index is 0. The van der Waals surface area contributed by atoms with Crippen molar-refractivity contribution in [3.8, 4) is 0 Å². The van der Waals surface area contributed by atoms with Gasteiger partial charge in [-0.15, -0.1) is 0 Å². The molecule has 5 nitrogen and oxygen atoms in total. The molecule has 0 radical (unpaired) electrons. The molecule has 0 bridgehead atoms. The zero-order valence-electron chi connectivity index (χ0n) is 8.28. The van der Waals surface area contributed by atoms with Gasteiger partial charge >= 0.3 is 17.9 Å². The van der Waals surface area contributed by atoms with E-state index in [1.165, 1.54) is 6.92 Å². The lowest BCUT2D eigenvalue weighted by molar-refractivity contribution is -0.158. The number of rotatable bonds is 3. The molecule has 0 fully saturated rings. The monoisotopic (exact) mass is 202 g/mol. The highest BCUT2D eigenvalue weighted by Gasteiger charge is 2.02. The van der Waals surface area contributed by atoms with E-state index in [1.807, 2.05) is 6.92 Å². The second-order valence-corrected chi connectivity index (χ2v) is 2.26. The fraction of sp³-hybridized carbons (Fsp3) is 0.444. The van der Waals surface area contributed by atoms with Crippen LogP contribution in [0.15, 0.2) is 12.7 Å². The number of carbonyl (C=O) groups excluding carboxylic acids is 2. The van der Waals surface area contributed by atoms with Crippen molar-refractivity contribution in [2.24, 2.45) is 0 Å². The van der Waals surface area contributed by atoms with Gasteiger partial charge in [0, 0.05) is 19.4 Å². The summed E-state index contributed by atoms with van der Waals surface area (Å²) < 4.78 is 4.21. The van der Waals surface area contributed by atoms with Crippen LogP contribution in [-0.4, -0.2) is 23.0 Å². The molecule has 0 saturated carbocycles. The van der Waals surface area contributed by atoms with E-state index in [0.717, 1.165) is 6.08 Å². The average Bonchev–Trinajstić information content (AvgIpc) is 2.04. The zero-order chi connectivity index (χ0) is 11.6. The van der Waals surface area contributed by atoms with Crippen LogP contribution in [0.5, 0.6) is 0 Å². The number of esters is 2. The molecule has 0 aliphatic rings. The number of carbonyl (C=O) groups is 3. The van der Waals surface area contributed by atoms with Crippen LogP contribution in [-0.2, 0) is 19.1 Å². The fourth-order valence-corrected chi connectivity index (χ4v) is 0.415. The number of ether oxygens (including phenoxy) is 1. The summed E-state index contributed by atoms with van der Waals surface area (Å²) in [4.78, 5) is 29.7. The normalized spacial score (nSPS) is 7.86. The molecule has 0 spiro atoms. The minimum Gasteiger partial charge on any atom is -0.478 e. The second-order valence-electron chi connectivity index (χ2n) is 2.26. The van der Waals surface area contributed by atoms with Gasteiger partial charge in [-0.25, -0.2) is 4.79 Å². The van der Waals surface area contributed by atoms with Crippen molar-refractivity contribution in [3.05, 3.63) is 12.7 Å². The minimum atomic E-state index is -0.981. The molecule has 0 rings (SSSR count). The lowest BCUT2D eigenvalue weighted by atomic mass is 10.3. The Kier molecular flexibility index (Phi) is 10.0. The predicted octanol–water partition coefficient (Wildman–Crippen LogP) is 1.13. The van der Waals surface area contributed by atoms with Gasteiger partial charge in [0.25, 0.3) is 0 Å². The Morgan fingerprint density at radius 1 is 1.43 bits per heavy atom. The van der Waals surface area contributed by atoms with E-state index in [9.17, 15) is 14.4 Å². The third-order valence-corrected chi connectivity index (χ3v) is 0.886. The van der Waals surface area contributed by atoms with E-state index < -0.39 is 17.9 Å². The van der Waals surface area contributed by atoms with Crippen LogP contribution in [0.4, 0.5) is 0 Å². The van der Waals surface area contributed by atoms with Gasteiger partial charge < -0.3 is 9.84 Å². The van der Waals surface area contributed by atoms with Crippen molar-refractivity contribution < 1.29 is 24.2 Å². The highest BCUT2D eigenvalue weighted by atomic mass is 16.6. The molecule has 0 heterocycles. The maximum absolute atomic E-state index is 10.4. The molecule has 0 atom stereocenters. The van der Waals surface area contributed by atoms with Crippen LogP contribution in [0.3, 0.4) is 0 Å². The van der Waals surface area contributed by atoms with Crippen LogP contribution in [0.25, 0.3) is 0 Å². The van der Waals surface area contributed by atoms with E-state index in [1.54, 1.807) is 0 Å². The first kappa shape index (κ1) is 14.9. The summed E-state index contributed by atoms with van der Waals surface area (Å²) in [5, 5.41) is 7.60. The summed E-state index contributed by atoms with van der Waals surface area (Å²) in [6.07, 6.45) is 1.87. The van der Waals surface area contributed by atoms with Crippen molar-refractivity contribution in [2.75, 3.05) is 0 Å². The lowest BCUT2D eigenvalue weighted by Crippen LogP contribution is -2.07. The van der Waals surface area contributed by atoms with Crippen LogP contribution in [0.1, 0.15) is 26.7 Å². The number of hydrogen-bond acceptors (Lipinski definition) is 4. The minimum absolute atomic E-state index is 0.319. The summed E-state index contributed by atoms with van der Waals surface area (Å²) in [7, 11) is 0. The highest BCUT2D eigenvalue weighted by molar-refractivity contribution is 5.83. The van der Waals surface area contributed by atoms with Gasteiger partial charge in [0.15, 0.2) is 0 Å². The van der Waals surface area contributed by atoms with Gasteiger partial charge in [0.1, 0.15) is 0 Å². The van der Waals surface area contributed by atoms with Crippen molar-refractivity contribution in [1.29, 1.82) is 0 Å². The first-order valence-electron chi connectivity index (χ1n) is 4.00. The fourth-order valence-electron chi connectivity index (χ4n) is 0.415. The summed E-state index contributed by atoms with van der Waals surface area (Å²) in [5.74, 6) is -1.96. The average molecular weight is 202 g/mol. The third kappa shape index (κ3) is 16.7. The quantitative estimate of drug-likeness (QED) is 0.421. The van der Waals surface area contributed by atoms with Crippen LogP contribution in [0, 0.1) is 0 Å². The van der Waals surface area contributed by atoms with E-state index in [2.05, 4.69) is 11.3 Å². The topological polar surface area (TPSA) is 80.7 Å².